The van der Waals surface area contributed by atoms with Crippen molar-refractivity contribution in [3.63, 3.8) is 0 Å². The van der Waals surface area contributed by atoms with E-state index in [9.17, 15) is 9.59 Å². The molecule has 1 spiro atoms. The van der Waals surface area contributed by atoms with Crippen molar-refractivity contribution in [3.8, 4) is 0 Å². The number of thioether (sulfide) groups is 1. The average molecular weight is 439 g/mol. The quantitative estimate of drug-likeness (QED) is 0.584. The normalized spacial score (nSPS) is 19.9. The highest BCUT2D eigenvalue weighted by Crippen LogP contribution is 2.50. The summed E-state index contributed by atoms with van der Waals surface area (Å²) in [5.41, 5.74) is 1.48. The molecule has 0 saturated carbocycles. The van der Waals surface area contributed by atoms with Gasteiger partial charge in [0.2, 0.25) is 5.91 Å². The summed E-state index contributed by atoms with van der Waals surface area (Å²) in [5, 5.41) is 8.93. The average Bonchev–Trinajstić information content (AvgIpc) is 3.28. The second kappa shape index (κ2) is 7.19. The van der Waals surface area contributed by atoms with E-state index in [1.165, 1.54) is 28.0 Å². The molecule has 1 aromatic heterocycles. The van der Waals surface area contributed by atoms with Gasteiger partial charge in [-0.3, -0.25) is 14.5 Å². The van der Waals surface area contributed by atoms with Gasteiger partial charge in [-0.15, -0.1) is 10.2 Å². The Kier molecular flexibility index (Phi) is 4.61. The molecule has 0 fully saturated rings. The molecule has 3 aromatic rings. The van der Waals surface area contributed by atoms with Gasteiger partial charge < -0.3 is 9.64 Å². The van der Waals surface area contributed by atoms with Crippen LogP contribution in [0, 0.1) is 6.92 Å². The van der Waals surface area contributed by atoms with Crippen LogP contribution in [0.5, 0.6) is 0 Å². The van der Waals surface area contributed by atoms with Crippen LogP contribution >= 0.6 is 23.1 Å². The number of amides is 2. The lowest BCUT2D eigenvalue weighted by molar-refractivity contribution is -0.152. The first-order valence-electron chi connectivity index (χ1n) is 9.38. The number of carbonyl (C=O) groups is 2. The largest absolute Gasteiger partial charge is 0.338 e. The fourth-order valence-corrected chi connectivity index (χ4v) is 5.63. The van der Waals surface area contributed by atoms with Gasteiger partial charge in [0.25, 0.3) is 11.6 Å². The highest BCUT2D eigenvalue weighted by Gasteiger charge is 2.59. The summed E-state index contributed by atoms with van der Waals surface area (Å²) >= 11 is 2.76. The van der Waals surface area contributed by atoms with Crippen molar-refractivity contribution in [3.05, 3.63) is 64.7 Å². The lowest BCUT2D eigenvalue weighted by Gasteiger charge is -2.43. The topological polar surface area (TPSA) is 75.6 Å². The molecule has 1 unspecified atom stereocenters. The Labute approximate surface area is 181 Å². The van der Waals surface area contributed by atoms with Gasteiger partial charge in [0.15, 0.2) is 4.34 Å². The highest BCUT2D eigenvalue weighted by molar-refractivity contribution is 8.01. The van der Waals surface area contributed by atoms with Gasteiger partial charge in [-0.05, 0) is 19.1 Å². The second-order valence-electron chi connectivity index (χ2n) is 7.05. The Bertz CT molecular complexity index is 1160. The summed E-state index contributed by atoms with van der Waals surface area (Å²) in [7, 11) is 1.71. The van der Waals surface area contributed by atoms with Crippen LogP contribution < -0.4 is 9.80 Å². The summed E-state index contributed by atoms with van der Waals surface area (Å²) in [6.07, 6.45) is 0. The second-order valence-corrected chi connectivity index (χ2v) is 9.45. The van der Waals surface area contributed by atoms with E-state index in [2.05, 4.69) is 10.2 Å². The van der Waals surface area contributed by atoms with Gasteiger partial charge in [-0.1, -0.05) is 59.5 Å². The number of ether oxygens (including phenoxy) is 1. The third-order valence-corrected chi connectivity index (χ3v) is 7.24. The maximum Gasteiger partial charge on any atom is 0.285 e. The van der Waals surface area contributed by atoms with Crippen molar-refractivity contribution in [1.29, 1.82) is 0 Å². The molecule has 30 heavy (non-hydrogen) atoms. The smallest absolute Gasteiger partial charge is 0.285 e. The van der Waals surface area contributed by atoms with Crippen molar-refractivity contribution in [2.24, 2.45) is 0 Å². The molecular weight excluding hydrogens is 420 g/mol. The number of aromatic nitrogens is 2. The number of likely N-dealkylation sites (N-methyl/N-ethyl adjacent to an activating group) is 1. The molecule has 2 amide bonds. The first kappa shape index (κ1) is 19.2. The van der Waals surface area contributed by atoms with Crippen LogP contribution in [0.2, 0.25) is 0 Å². The molecule has 0 aliphatic carbocycles. The number of rotatable bonds is 3. The molecule has 0 bridgehead atoms. The summed E-state index contributed by atoms with van der Waals surface area (Å²) in [6, 6.07) is 15.0. The first-order chi connectivity index (χ1) is 14.5. The van der Waals surface area contributed by atoms with Gasteiger partial charge in [-0.25, -0.2) is 0 Å². The fourth-order valence-electron chi connectivity index (χ4n) is 3.96. The number of anilines is 2. The number of para-hydroxylation sites is 2. The fraction of sp³-hybridized carbons (Fsp3) is 0.238. The minimum atomic E-state index is -1.51. The van der Waals surface area contributed by atoms with Gasteiger partial charge in [-0.2, -0.15) is 0 Å². The van der Waals surface area contributed by atoms with Crippen molar-refractivity contribution in [2.75, 3.05) is 22.6 Å². The van der Waals surface area contributed by atoms with Crippen LogP contribution in [0.15, 0.2) is 52.9 Å². The molecule has 0 saturated heterocycles. The van der Waals surface area contributed by atoms with E-state index in [0.717, 1.165) is 20.6 Å². The van der Waals surface area contributed by atoms with Crippen LogP contribution in [0.25, 0.3) is 0 Å². The third-order valence-electron chi connectivity index (χ3n) is 5.28. The third kappa shape index (κ3) is 2.77. The molecule has 0 radical (unpaired) electrons. The van der Waals surface area contributed by atoms with Gasteiger partial charge in [0.05, 0.1) is 23.7 Å². The molecule has 3 heterocycles. The summed E-state index contributed by atoms with van der Waals surface area (Å²) in [6.45, 7) is 2.12. The van der Waals surface area contributed by atoms with Crippen molar-refractivity contribution in [1.82, 2.24) is 10.2 Å². The lowest BCUT2D eigenvalue weighted by Crippen LogP contribution is -2.59. The number of nitrogens with zero attached hydrogens (tertiary/aromatic N) is 4. The highest BCUT2D eigenvalue weighted by atomic mass is 32.2. The van der Waals surface area contributed by atoms with Gasteiger partial charge in [0, 0.05) is 18.2 Å². The summed E-state index contributed by atoms with van der Waals surface area (Å²) in [5.74, 6) is -0.380. The molecular formula is C21H18N4O3S2. The number of aryl methyl sites for hydroxylation is 1. The number of carbonyl (C=O) groups excluding carboxylic acids is 2. The van der Waals surface area contributed by atoms with E-state index in [1.54, 1.807) is 11.9 Å². The van der Waals surface area contributed by atoms with E-state index < -0.39 is 5.72 Å². The van der Waals surface area contributed by atoms with Crippen molar-refractivity contribution >= 4 is 46.3 Å². The molecule has 152 valence electrons. The zero-order valence-electron chi connectivity index (χ0n) is 16.4. The molecule has 0 N–H and O–H groups in total. The standard InChI is InChI=1S/C21H18N4O3S2/c1-13-22-23-20(30-13)29-12-18(26)25-16-9-5-3-7-14(16)11-28-21(25)15-8-4-6-10-17(15)24(2)19(21)27/h3-10H,11-12H2,1-2H3. The van der Waals surface area contributed by atoms with E-state index in [-0.39, 0.29) is 24.2 Å². The zero-order valence-corrected chi connectivity index (χ0v) is 18.0. The Hall–Kier alpha value is -2.75. The maximum absolute atomic E-state index is 13.6. The van der Waals surface area contributed by atoms with Crippen LogP contribution in [0.1, 0.15) is 16.1 Å². The Balaban J connectivity index is 1.60. The Morgan fingerprint density at radius 3 is 2.67 bits per heavy atom. The van der Waals surface area contributed by atoms with Gasteiger partial charge >= 0.3 is 0 Å². The number of hydrogen-bond acceptors (Lipinski definition) is 7. The SMILES string of the molecule is Cc1nnc(SCC(=O)N2c3ccccc3COC23C(=O)N(C)c2ccccc23)s1. The first-order valence-corrected chi connectivity index (χ1v) is 11.2. The lowest BCUT2D eigenvalue weighted by atomic mass is 9.97. The van der Waals surface area contributed by atoms with Crippen LogP contribution in [-0.2, 0) is 26.7 Å². The molecule has 2 aliphatic rings. The maximum atomic E-state index is 13.6. The van der Waals surface area contributed by atoms with E-state index in [1.807, 2.05) is 55.5 Å². The molecule has 2 aliphatic heterocycles. The molecule has 7 nitrogen and oxygen atoms in total. The van der Waals surface area contributed by atoms with Crippen molar-refractivity contribution < 1.29 is 14.3 Å². The number of fused-ring (bicyclic) bond motifs is 3. The minimum Gasteiger partial charge on any atom is -0.338 e. The van der Waals surface area contributed by atoms with Crippen LogP contribution in [0.3, 0.4) is 0 Å². The van der Waals surface area contributed by atoms with E-state index >= 15 is 0 Å². The summed E-state index contributed by atoms with van der Waals surface area (Å²) in [4.78, 5) is 30.2. The zero-order chi connectivity index (χ0) is 20.9. The van der Waals surface area contributed by atoms with E-state index in [4.69, 9.17) is 4.74 Å². The molecule has 5 rings (SSSR count). The van der Waals surface area contributed by atoms with Crippen LogP contribution in [-0.4, -0.2) is 34.8 Å². The number of benzene rings is 2. The molecule has 1 atom stereocenters. The number of hydrogen-bond donors (Lipinski definition) is 0. The van der Waals surface area contributed by atoms with E-state index in [0.29, 0.717) is 11.3 Å². The van der Waals surface area contributed by atoms with Gasteiger partial charge in [0.1, 0.15) is 5.01 Å². The Morgan fingerprint density at radius 2 is 1.90 bits per heavy atom. The predicted octanol–water partition coefficient (Wildman–Crippen LogP) is 3.33. The molecule has 9 heteroatoms. The van der Waals surface area contributed by atoms with Crippen molar-refractivity contribution in [2.45, 2.75) is 23.6 Å². The summed E-state index contributed by atoms with van der Waals surface area (Å²) < 4.78 is 6.95. The monoisotopic (exact) mass is 438 g/mol. The minimum absolute atomic E-state index is 0.118. The molecule has 2 aromatic carbocycles. The Morgan fingerprint density at radius 1 is 1.17 bits per heavy atom. The predicted molar refractivity (Wildman–Crippen MR) is 116 cm³/mol. The van der Waals surface area contributed by atoms with Crippen LogP contribution in [0.4, 0.5) is 11.4 Å².